The molecule has 0 aromatic carbocycles. The minimum atomic E-state index is -0.687. The minimum absolute atomic E-state index is 0.287. The van der Waals surface area contributed by atoms with Crippen molar-refractivity contribution >= 4 is 5.97 Å². The number of hydrogen-bond donors (Lipinski definition) is 1. The topological polar surface area (TPSA) is 40.5 Å². The summed E-state index contributed by atoms with van der Waals surface area (Å²) in [6.45, 7) is 3.78. The lowest BCUT2D eigenvalue weighted by molar-refractivity contribution is -0.142. The SMILES string of the molecule is CC(C(=O)O)N1CCC2(CC2)C1. The Morgan fingerprint density at radius 2 is 2.17 bits per heavy atom. The van der Waals surface area contributed by atoms with E-state index in [0.29, 0.717) is 5.41 Å². The van der Waals surface area contributed by atoms with Crippen LogP contribution in [0, 0.1) is 5.41 Å². The third-order valence-corrected chi connectivity index (χ3v) is 3.33. The molecule has 1 atom stereocenters. The molecule has 0 radical (unpaired) electrons. The highest BCUT2D eigenvalue weighted by Crippen LogP contribution is 2.52. The van der Waals surface area contributed by atoms with E-state index < -0.39 is 5.97 Å². The molecule has 0 aromatic rings. The second-order valence-electron chi connectivity index (χ2n) is 4.23. The van der Waals surface area contributed by atoms with Crippen molar-refractivity contribution in [2.24, 2.45) is 5.41 Å². The highest BCUT2D eigenvalue weighted by molar-refractivity contribution is 5.72. The first-order chi connectivity index (χ1) is 5.63. The third-order valence-electron chi connectivity index (χ3n) is 3.33. The predicted octanol–water partition coefficient (Wildman–Crippen LogP) is 0.945. The van der Waals surface area contributed by atoms with Crippen molar-refractivity contribution in [2.45, 2.75) is 32.2 Å². The van der Waals surface area contributed by atoms with Crippen LogP contribution in [0.2, 0.25) is 0 Å². The Kier molecular flexibility index (Phi) is 1.65. The molecule has 1 unspecified atom stereocenters. The first-order valence-electron chi connectivity index (χ1n) is 4.60. The first-order valence-corrected chi connectivity index (χ1v) is 4.60. The van der Waals surface area contributed by atoms with E-state index in [0.717, 1.165) is 13.1 Å². The fraction of sp³-hybridized carbons (Fsp3) is 0.889. The number of carbonyl (C=O) groups is 1. The van der Waals surface area contributed by atoms with Crippen LogP contribution in [0.3, 0.4) is 0 Å². The lowest BCUT2D eigenvalue weighted by Crippen LogP contribution is -2.37. The molecular weight excluding hydrogens is 154 g/mol. The van der Waals surface area contributed by atoms with E-state index in [1.807, 2.05) is 0 Å². The Morgan fingerprint density at radius 3 is 2.58 bits per heavy atom. The van der Waals surface area contributed by atoms with Crippen LogP contribution in [-0.4, -0.2) is 35.1 Å². The van der Waals surface area contributed by atoms with E-state index >= 15 is 0 Å². The molecule has 1 aliphatic carbocycles. The van der Waals surface area contributed by atoms with Crippen LogP contribution in [-0.2, 0) is 4.79 Å². The molecule has 1 aliphatic heterocycles. The Morgan fingerprint density at radius 1 is 1.50 bits per heavy atom. The molecule has 1 heterocycles. The lowest BCUT2D eigenvalue weighted by Gasteiger charge is -2.20. The molecule has 1 N–H and O–H groups in total. The van der Waals surface area contributed by atoms with Gasteiger partial charge in [0.25, 0.3) is 0 Å². The van der Waals surface area contributed by atoms with E-state index in [1.54, 1.807) is 6.92 Å². The molecule has 1 saturated heterocycles. The van der Waals surface area contributed by atoms with Crippen LogP contribution in [0.25, 0.3) is 0 Å². The molecule has 0 aromatic heterocycles. The van der Waals surface area contributed by atoms with Crippen molar-refractivity contribution < 1.29 is 9.90 Å². The van der Waals surface area contributed by atoms with Crippen molar-refractivity contribution in [1.29, 1.82) is 0 Å². The predicted molar refractivity (Wildman–Crippen MR) is 45.0 cm³/mol. The zero-order chi connectivity index (χ0) is 8.77. The van der Waals surface area contributed by atoms with Crippen molar-refractivity contribution in [1.82, 2.24) is 4.90 Å². The van der Waals surface area contributed by atoms with Gasteiger partial charge in [0, 0.05) is 6.54 Å². The summed E-state index contributed by atoms with van der Waals surface area (Å²) in [5.41, 5.74) is 0.545. The average molecular weight is 169 g/mol. The van der Waals surface area contributed by atoms with Gasteiger partial charge in [0.2, 0.25) is 0 Å². The molecule has 3 nitrogen and oxygen atoms in total. The Bertz CT molecular complexity index is 211. The molecule has 1 saturated carbocycles. The third kappa shape index (κ3) is 1.22. The minimum Gasteiger partial charge on any atom is -0.480 e. The summed E-state index contributed by atoms with van der Waals surface area (Å²) in [4.78, 5) is 12.8. The normalized spacial score (nSPS) is 29.1. The second-order valence-corrected chi connectivity index (χ2v) is 4.23. The molecule has 2 fully saturated rings. The molecule has 0 amide bonds. The van der Waals surface area contributed by atoms with Crippen LogP contribution in [0.5, 0.6) is 0 Å². The number of carboxylic acids is 1. The van der Waals surface area contributed by atoms with E-state index in [-0.39, 0.29) is 6.04 Å². The Labute approximate surface area is 72.4 Å². The number of aliphatic carboxylic acids is 1. The summed E-state index contributed by atoms with van der Waals surface area (Å²) < 4.78 is 0. The Hall–Kier alpha value is -0.570. The Balaban J connectivity index is 1.94. The molecule has 68 valence electrons. The average Bonchev–Trinajstić information content (AvgIpc) is 2.61. The number of nitrogens with zero attached hydrogens (tertiary/aromatic N) is 1. The summed E-state index contributed by atoms with van der Waals surface area (Å²) in [6.07, 6.45) is 3.84. The van der Waals surface area contributed by atoms with Crippen LogP contribution in [0.1, 0.15) is 26.2 Å². The zero-order valence-corrected chi connectivity index (χ0v) is 7.42. The van der Waals surface area contributed by atoms with Crippen molar-refractivity contribution in [3.8, 4) is 0 Å². The van der Waals surface area contributed by atoms with E-state index in [1.165, 1.54) is 19.3 Å². The fourth-order valence-corrected chi connectivity index (χ4v) is 2.04. The highest BCUT2D eigenvalue weighted by atomic mass is 16.4. The van der Waals surface area contributed by atoms with Crippen LogP contribution in [0.4, 0.5) is 0 Å². The van der Waals surface area contributed by atoms with Gasteiger partial charge in [0.15, 0.2) is 0 Å². The summed E-state index contributed by atoms with van der Waals surface area (Å²) in [7, 11) is 0. The highest BCUT2D eigenvalue weighted by Gasteiger charge is 2.49. The molecule has 2 rings (SSSR count). The maximum atomic E-state index is 10.7. The van der Waals surface area contributed by atoms with Crippen LogP contribution >= 0.6 is 0 Å². The number of carboxylic acid groups (broad SMARTS) is 1. The lowest BCUT2D eigenvalue weighted by atomic mass is 10.1. The molecule has 0 bridgehead atoms. The smallest absolute Gasteiger partial charge is 0.320 e. The summed E-state index contributed by atoms with van der Waals surface area (Å²) >= 11 is 0. The molecule has 1 spiro atoms. The van der Waals surface area contributed by atoms with Gasteiger partial charge >= 0.3 is 5.97 Å². The van der Waals surface area contributed by atoms with Crippen molar-refractivity contribution in [3.05, 3.63) is 0 Å². The maximum absolute atomic E-state index is 10.7. The van der Waals surface area contributed by atoms with Gasteiger partial charge in [-0.25, -0.2) is 0 Å². The van der Waals surface area contributed by atoms with Gasteiger partial charge in [-0.2, -0.15) is 0 Å². The van der Waals surface area contributed by atoms with E-state index in [9.17, 15) is 4.79 Å². The van der Waals surface area contributed by atoms with Crippen LogP contribution < -0.4 is 0 Å². The first kappa shape index (κ1) is 8.05. The van der Waals surface area contributed by atoms with Gasteiger partial charge < -0.3 is 5.11 Å². The molecule has 3 heteroatoms. The van der Waals surface area contributed by atoms with Gasteiger partial charge in [-0.3, -0.25) is 9.69 Å². The maximum Gasteiger partial charge on any atom is 0.320 e. The van der Waals surface area contributed by atoms with E-state index in [2.05, 4.69) is 4.90 Å². The number of hydrogen-bond acceptors (Lipinski definition) is 2. The molecular formula is C9H15NO2. The number of rotatable bonds is 2. The summed E-state index contributed by atoms with van der Waals surface area (Å²) in [5, 5.41) is 8.79. The van der Waals surface area contributed by atoms with Gasteiger partial charge in [-0.1, -0.05) is 0 Å². The monoisotopic (exact) mass is 169 g/mol. The van der Waals surface area contributed by atoms with Crippen LogP contribution in [0.15, 0.2) is 0 Å². The summed E-state index contributed by atoms with van der Waals surface area (Å²) in [6, 6.07) is -0.287. The van der Waals surface area contributed by atoms with Gasteiger partial charge in [-0.15, -0.1) is 0 Å². The van der Waals surface area contributed by atoms with Crippen molar-refractivity contribution in [2.75, 3.05) is 13.1 Å². The van der Waals surface area contributed by atoms with Crippen molar-refractivity contribution in [3.63, 3.8) is 0 Å². The largest absolute Gasteiger partial charge is 0.480 e. The fourth-order valence-electron chi connectivity index (χ4n) is 2.04. The van der Waals surface area contributed by atoms with E-state index in [4.69, 9.17) is 5.11 Å². The number of likely N-dealkylation sites (tertiary alicyclic amines) is 1. The standard InChI is InChI=1S/C9H15NO2/c1-7(8(11)12)10-5-4-9(6-10)2-3-9/h7H,2-6H2,1H3,(H,11,12). The molecule has 12 heavy (non-hydrogen) atoms. The second kappa shape index (κ2) is 2.46. The zero-order valence-electron chi connectivity index (χ0n) is 7.42. The quantitative estimate of drug-likeness (QED) is 0.669. The van der Waals surface area contributed by atoms with Gasteiger partial charge in [-0.05, 0) is 38.1 Å². The molecule has 2 aliphatic rings. The van der Waals surface area contributed by atoms with Gasteiger partial charge in [0.05, 0.1) is 0 Å². The van der Waals surface area contributed by atoms with Gasteiger partial charge in [0.1, 0.15) is 6.04 Å². The summed E-state index contributed by atoms with van der Waals surface area (Å²) in [5.74, 6) is -0.687.